The Hall–Kier alpha value is -1.62. The summed E-state index contributed by atoms with van der Waals surface area (Å²) in [5.74, 6) is 0. The van der Waals surface area contributed by atoms with Gasteiger partial charge in [-0.15, -0.1) is 0 Å². The lowest BCUT2D eigenvalue weighted by Crippen LogP contribution is -3.27. The smallest absolute Gasteiger partial charge is 0.127 e. The van der Waals surface area contributed by atoms with Gasteiger partial charge >= 0.3 is 0 Å². The first kappa shape index (κ1) is 15.9. The first-order valence-electron chi connectivity index (χ1n) is 8.74. The van der Waals surface area contributed by atoms with Crippen molar-refractivity contribution in [1.29, 1.82) is 0 Å². The van der Waals surface area contributed by atoms with Crippen molar-refractivity contribution in [2.45, 2.75) is 13.1 Å². The van der Waals surface area contributed by atoms with E-state index in [2.05, 4.69) is 75.6 Å². The highest BCUT2D eigenvalue weighted by molar-refractivity contribution is 9.10. The summed E-state index contributed by atoms with van der Waals surface area (Å²) in [4.78, 5) is 6.81. The number of hydrogen-bond donors (Lipinski definition) is 3. The van der Waals surface area contributed by atoms with E-state index in [9.17, 15) is 0 Å². The standard InChI is InChI=1S/C20H22BrN3/c21-18-5-3-4-16(12-18)14-23-8-10-24(11-9-23)15-17-13-22-20-7-2-1-6-19(17)20/h1-7,12-13,22H,8-11,14-15H2/p+2. The average Bonchev–Trinajstić information content (AvgIpc) is 3.00. The molecule has 0 spiro atoms. The van der Waals surface area contributed by atoms with E-state index in [0.29, 0.717) is 0 Å². The van der Waals surface area contributed by atoms with Gasteiger partial charge < -0.3 is 14.8 Å². The number of H-pyrrole nitrogens is 1. The van der Waals surface area contributed by atoms with E-state index in [1.807, 2.05) is 0 Å². The maximum absolute atomic E-state index is 3.57. The molecule has 3 nitrogen and oxygen atoms in total. The molecule has 24 heavy (non-hydrogen) atoms. The van der Waals surface area contributed by atoms with Gasteiger partial charge in [0.1, 0.15) is 39.3 Å². The number of aromatic nitrogens is 1. The van der Waals surface area contributed by atoms with Crippen LogP contribution in [0.5, 0.6) is 0 Å². The van der Waals surface area contributed by atoms with Crippen LogP contribution < -0.4 is 9.80 Å². The first-order valence-corrected chi connectivity index (χ1v) is 9.54. The van der Waals surface area contributed by atoms with Gasteiger partial charge in [0.05, 0.1) is 0 Å². The Morgan fingerprint density at radius 2 is 1.62 bits per heavy atom. The second-order valence-corrected chi connectivity index (χ2v) is 7.76. The number of hydrogen-bond acceptors (Lipinski definition) is 0. The van der Waals surface area contributed by atoms with Gasteiger partial charge in [0.15, 0.2) is 0 Å². The lowest BCUT2D eigenvalue weighted by molar-refractivity contribution is -1.02. The number of piperazine rings is 1. The summed E-state index contributed by atoms with van der Waals surface area (Å²) in [5, 5.41) is 1.38. The zero-order valence-electron chi connectivity index (χ0n) is 13.8. The molecule has 1 aliphatic heterocycles. The fourth-order valence-corrected chi connectivity index (χ4v) is 4.24. The molecular weight excluding hydrogens is 362 g/mol. The number of quaternary nitrogens is 2. The molecule has 2 aromatic carbocycles. The van der Waals surface area contributed by atoms with Crippen LogP contribution in [0.3, 0.4) is 0 Å². The van der Waals surface area contributed by atoms with Gasteiger partial charge in [0.2, 0.25) is 0 Å². The van der Waals surface area contributed by atoms with Crippen LogP contribution in [0.15, 0.2) is 59.2 Å². The largest absolute Gasteiger partial charge is 0.361 e. The summed E-state index contributed by atoms with van der Waals surface area (Å²) in [6.45, 7) is 7.29. The molecule has 4 heteroatoms. The van der Waals surface area contributed by atoms with Crippen molar-refractivity contribution in [3.63, 3.8) is 0 Å². The normalized spacial score (nSPS) is 21.2. The van der Waals surface area contributed by atoms with Gasteiger partial charge in [-0.25, -0.2) is 0 Å². The number of aromatic amines is 1. The highest BCUT2D eigenvalue weighted by Crippen LogP contribution is 2.16. The maximum atomic E-state index is 3.57. The van der Waals surface area contributed by atoms with Crippen molar-refractivity contribution in [2.24, 2.45) is 0 Å². The highest BCUT2D eigenvalue weighted by Gasteiger charge is 2.23. The molecule has 0 atom stereocenters. The lowest BCUT2D eigenvalue weighted by atomic mass is 10.1. The first-order chi connectivity index (χ1) is 11.8. The third-order valence-electron chi connectivity index (χ3n) is 5.12. The Morgan fingerprint density at radius 1 is 0.875 bits per heavy atom. The fraction of sp³-hybridized carbons (Fsp3) is 0.300. The molecule has 0 radical (unpaired) electrons. The Kier molecular flexibility index (Phi) is 4.69. The number of halogens is 1. The number of nitrogens with one attached hydrogen (secondary N) is 3. The maximum Gasteiger partial charge on any atom is 0.127 e. The monoisotopic (exact) mass is 385 g/mol. The van der Waals surface area contributed by atoms with Crippen LogP contribution >= 0.6 is 15.9 Å². The molecule has 2 heterocycles. The van der Waals surface area contributed by atoms with E-state index in [4.69, 9.17) is 0 Å². The molecule has 0 unspecified atom stereocenters. The Labute approximate surface area is 151 Å². The second-order valence-electron chi connectivity index (χ2n) is 6.84. The topological polar surface area (TPSA) is 24.7 Å². The second kappa shape index (κ2) is 7.09. The molecule has 124 valence electrons. The predicted molar refractivity (Wildman–Crippen MR) is 101 cm³/mol. The summed E-state index contributed by atoms with van der Waals surface area (Å²) in [6, 6.07) is 17.3. The van der Waals surface area contributed by atoms with Crippen molar-refractivity contribution in [1.82, 2.24) is 4.98 Å². The van der Waals surface area contributed by atoms with E-state index in [1.165, 1.54) is 52.7 Å². The minimum Gasteiger partial charge on any atom is -0.361 e. The minimum absolute atomic E-state index is 1.13. The fourth-order valence-electron chi connectivity index (χ4n) is 3.79. The summed E-state index contributed by atoms with van der Waals surface area (Å²) in [5.41, 5.74) is 4.14. The van der Waals surface area contributed by atoms with E-state index in [-0.39, 0.29) is 0 Å². The SMILES string of the molecule is Brc1cccc(C[NH+]2CC[NH+](Cc3c[nH]c4ccccc34)CC2)c1. The van der Waals surface area contributed by atoms with Crippen molar-refractivity contribution in [3.05, 3.63) is 70.3 Å². The van der Waals surface area contributed by atoms with Gasteiger partial charge in [-0.3, -0.25) is 0 Å². The van der Waals surface area contributed by atoms with Crippen LogP contribution in [0.4, 0.5) is 0 Å². The molecule has 0 saturated carbocycles. The van der Waals surface area contributed by atoms with Crippen molar-refractivity contribution in [2.75, 3.05) is 26.2 Å². The highest BCUT2D eigenvalue weighted by atomic mass is 79.9. The molecule has 0 amide bonds. The van der Waals surface area contributed by atoms with Crippen LogP contribution in [0.25, 0.3) is 10.9 Å². The van der Waals surface area contributed by atoms with Crippen LogP contribution in [0.1, 0.15) is 11.1 Å². The third-order valence-corrected chi connectivity index (χ3v) is 5.62. The molecule has 1 aliphatic rings. The van der Waals surface area contributed by atoms with Crippen LogP contribution in [0, 0.1) is 0 Å². The molecule has 1 saturated heterocycles. The molecule has 3 aromatic rings. The predicted octanol–water partition coefficient (Wildman–Crippen LogP) is 1.41. The average molecular weight is 386 g/mol. The molecule has 1 fully saturated rings. The van der Waals surface area contributed by atoms with Crippen LogP contribution in [-0.4, -0.2) is 31.2 Å². The van der Waals surface area contributed by atoms with Crippen LogP contribution in [-0.2, 0) is 13.1 Å². The van der Waals surface area contributed by atoms with Gasteiger partial charge in [-0.05, 0) is 18.2 Å². The van der Waals surface area contributed by atoms with Crippen LogP contribution in [0.2, 0.25) is 0 Å². The number of benzene rings is 2. The van der Waals surface area contributed by atoms with Crippen molar-refractivity contribution < 1.29 is 9.80 Å². The van der Waals surface area contributed by atoms with E-state index in [1.54, 1.807) is 9.80 Å². The number of para-hydroxylation sites is 1. The van der Waals surface area contributed by atoms with Crippen molar-refractivity contribution in [3.8, 4) is 0 Å². The van der Waals surface area contributed by atoms with Gasteiger partial charge in [0.25, 0.3) is 0 Å². The van der Waals surface area contributed by atoms with Gasteiger partial charge in [0, 0.05) is 32.7 Å². The molecule has 0 aliphatic carbocycles. The molecular formula is C20H24BrN3+2. The summed E-state index contributed by atoms with van der Waals surface area (Å²) >= 11 is 3.57. The zero-order chi connectivity index (χ0) is 16.4. The van der Waals surface area contributed by atoms with Crippen molar-refractivity contribution >= 4 is 26.8 Å². The van der Waals surface area contributed by atoms with E-state index < -0.39 is 0 Å². The summed E-state index contributed by atoms with van der Waals surface area (Å²) in [7, 11) is 0. The summed E-state index contributed by atoms with van der Waals surface area (Å²) < 4.78 is 1.18. The number of rotatable bonds is 4. The van der Waals surface area contributed by atoms with Gasteiger partial charge in [-0.2, -0.15) is 0 Å². The molecule has 1 aromatic heterocycles. The van der Waals surface area contributed by atoms with E-state index in [0.717, 1.165) is 13.1 Å². The minimum atomic E-state index is 1.13. The lowest BCUT2D eigenvalue weighted by Gasteiger charge is -2.29. The van der Waals surface area contributed by atoms with E-state index >= 15 is 0 Å². The quantitative estimate of drug-likeness (QED) is 0.605. The molecule has 0 bridgehead atoms. The zero-order valence-corrected chi connectivity index (χ0v) is 15.4. The summed E-state index contributed by atoms with van der Waals surface area (Å²) in [6.07, 6.45) is 2.19. The molecule has 3 N–H and O–H groups in total. The Balaban J connectivity index is 1.34. The molecule has 4 rings (SSSR count). The Bertz CT molecular complexity index is 818. The third kappa shape index (κ3) is 3.56. The van der Waals surface area contributed by atoms with Gasteiger partial charge in [-0.1, -0.05) is 46.3 Å². The Morgan fingerprint density at radius 3 is 2.42 bits per heavy atom. The number of fused-ring (bicyclic) bond motifs is 1.